The SMILES string of the molecule is O=C(Nc1cccc(-c2nc(C(=O)O)c(O)c(=O)[nH]2)c1)c1ccc(Cl)c(Cl)c1. The van der Waals surface area contributed by atoms with E-state index in [4.69, 9.17) is 28.3 Å². The van der Waals surface area contributed by atoms with E-state index in [9.17, 15) is 19.5 Å². The average molecular weight is 420 g/mol. The molecule has 0 atom stereocenters. The van der Waals surface area contributed by atoms with Crippen LogP contribution >= 0.6 is 23.2 Å². The van der Waals surface area contributed by atoms with Crippen LogP contribution in [0.25, 0.3) is 11.4 Å². The van der Waals surface area contributed by atoms with Gasteiger partial charge in [0, 0.05) is 16.8 Å². The Hall–Kier alpha value is -3.36. The summed E-state index contributed by atoms with van der Waals surface area (Å²) in [4.78, 5) is 41.3. The summed E-state index contributed by atoms with van der Waals surface area (Å²) in [6.45, 7) is 0. The molecule has 1 aromatic heterocycles. The summed E-state index contributed by atoms with van der Waals surface area (Å²) in [5.41, 5.74) is -0.798. The minimum Gasteiger partial charge on any atom is -0.501 e. The number of aromatic amines is 1. The Morgan fingerprint density at radius 2 is 1.82 bits per heavy atom. The molecule has 10 heteroatoms. The van der Waals surface area contributed by atoms with E-state index in [0.717, 1.165) is 0 Å². The van der Waals surface area contributed by atoms with Crippen molar-refractivity contribution >= 4 is 40.8 Å². The number of carboxylic acids is 1. The molecule has 2 aromatic carbocycles. The number of rotatable bonds is 4. The quantitative estimate of drug-likeness (QED) is 0.512. The fourth-order valence-electron chi connectivity index (χ4n) is 2.34. The van der Waals surface area contributed by atoms with E-state index < -0.39 is 28.9 Å². The number of benzene rings is 2. The number of anilines is 1. The molecule has 3 aromatic rings. The van der Waals surface area contributed by atoms with Crippen LogP contribution in [0.1, 0.15) is 20.8 Å². The Morgan fingerprint density at radius 1 is 1.07 bits per heavy atom. The fourth-order valence-corrected chi connectivity index (χ4v) is 2.64. The lowest BCUT2D eigenvalue weighted by Crippen LogP contribution is -2.15. The first-order valence-electron chi connectivity index (χ1n) is 7.69. The standard InChI is InChI=1S/C18H11Cl2N3O5/c19-11-5-4-9(7-12(11)20)16(25)21-10-3-1-2-8(6-10)15-22-13(18(27)28)14(24)17(26)23-15/h1-7,24H,(H,21,25)(H,27,28)(H,22,23,26). The second kappa shape index (κ2) is 7.71. The Balaban J connectivity index is 1.93. The normalized spacial score (nSPS) is 10.5. The summed E-state index contributed by atoms with van der Waals surface area (Å²) < 4.78 is 0. The third-order valence-electron chi connectivity index (χ3n) is 3.67. The van der Waals surface area contributed by atoms with Crippen LogP contribution in [-0.4, -0.2) is 32.1 Å². The molecule has 0 radical (unpaired) electrons. The van der Waals surface area contributed by atoms with Crippen LogP contribution in [0.5, 0.6) is 5.75 Å². The van der Waals surface area contributed by atoms with Crippen molar-refractivity contribution in [3.8, 4) is 17.1 Å². The molecule has 142 valence electrons. The van der Waals surface area contributed by atoms with Crippen molar-refractivity contribution in [1.29, 1.82) is 0 Å². The molecule has 0 saturated carbocycles. The van der Waals surface area contributed by atoms with Gasteiger partial charge in [-0.2, -0.15) is 0 Å². The number of aromatic nitrogens is 2. The van der Waals surface area contributed by atoms with Gasteiger partial charge in [-0.3, -0.25) is 9.59 Å². The molecule has 1 amide bonds. The van der Waals surface area contributed by atoms with E-state index in [2.05, 4.69) is 15.3 Å². The Kier molecular flexibility index (Phi) is 5.34. The van der Waals surface area contributed by atoms with Gasteiger partial charge >= 0.3 is 5.97 Å². The summed E-state index contributed by atoms with van der Waals surface area (Å²) in [6.07, 6.45) is 0. The zero-order chi connectivity index (χ0) is 20.4. The number of nitrogens with one attached hydrogen (secondary N) is 2. The van der Waals surface area contributed by atoms with Crippen LogP contribution < -0.4 is 10.9 Å². The fraction of sp³-hybridized carbons (Fsp3) is 0. The highest BCUT2D eigenvalue weighted by atomic mass is 35.5. The number of nitrogens with zero attached hydrogens (tertiary/aromatic N) is 1. The highest BCUT2D eigenvalue weighted by molar-refractivity contribution is 6.42. The molecule has 3 rings (SSSR count). The number of hydrogen-bond donors (Lipinski definition) is 4. The monoisotopic (exact) mass is 419 g/mol. The van der Waals surface area contributed by atoms with Gasteiger partial charge in [0.2, 0.25) is 5.75 Å². The highest BCUT2D eigenvalue weighted by Gasteiger charge is 2.18. The molecule has 0 aliphatic carbocycles. The van der Waals surface area contributed by atoms with Crippen LogP contribution in [0.2, 0.25) is 10.0 Å². The topological polar surface area (TPSA) is 132 Å². The highest BCUT2D eigenvalue weighted by Crippen LogP contribution is 2.24. The Morgan fingerprint density at radius 3 is 2.50 bits per heavy atom. The van der Waals surface area contributed by atoms with Crippen LogP contribution in [0.4, 0.5) is 5.69 Å². The van der Waals surface area contributed by atoms with Crippen LogP contribution in [-0.2, 0) is 0 Å². The number of carboxylic acid groups (broad SMARTS) is 1. The lowest BCUT2D eigenvalue weighted by atomic mass is 10.1. The number of aromatic carboxylic acids is 1. The number of amides is 1. The molecule has 4 N–H and O–H groups in total. The van der Waals surface area contributed by atoms with Gasteiger partial charge in [-0.25, -0.2) is 9.78 Å². The largest absolute Gasteiger partial charge is 0.501 e. The van der Waals surface area contributed by atoms with Crippen LogP contribution in [0.3, 0.4) is 0 Å². The van der Waals surface area contributed by atoms with Gasteiger partial charge in [0.25, 0.3) is 11.5 Å². The van der Waals surface area contributed by atoms with Gasteiger partial charge in [0.05, 0.1) is 10.0 Å². The summed E-state index contributed by atoms with van der Waals surface area (Å²) in [6, 6.07) is 10.6. The summed E-state index contributed by atoms with van der Waals surface area (Å²) >= 11 is 11.7. The van der Waals surface area contributed by atoms with Crippen molar-refractivity contribution < 1.29 is 19.8 Å². The van der Waals surface area contributed by atoms with Gasteiger partial charge < -0.3 is 20.5 Å². The molecular formula is C18H11Cl2N3O5. The minimum absolute atomic E-state index is 0.0779. The number of carbonyl (C=O) groups is 2. The summed E-state index contributed by atoms with van der Waals surface area (Å²) in [5, 5.41) is 21.8. The van der Waals surface area contributed by atoms with E-state index in [-0.39, 0.29) is 16.4 Å². The first-order valence-corrected chi connectivity index (χ1v) is 8.45. The predicted octanol–water partition coefficient (Wildman–Crippen LogP) is 3.40. The van der Waals surface area contributed by atoms with Gasteiger partial charge in [-0.15, -0.1) is 0 Å². The van der Waals surface area contributed by atoms with Crippen molar-refractivity contribution in [1.82, 2.24) is 9.97 Å². The van der Waals surface area contributed by atoms with Crippen molar-refractivity contribution in [3.63, 3.8) is 0 Å². The first-order chi connectivity index (χ1) is 13.3. The second-order valence-electron chi connectivity index (χ2n) is 5.58. The zero-order valence-corrected chi connectivity index (χ0v) is 15.4. The van der Waals surface area contributed by atoms with Crippen molar-refractivity contribution in [3.05, 3.63) is 74.1 Å². The Bertz CT molecular complexity index is 1160. The smallest absolute Gasteiger partial charge is 0.358 e. The number of carbonyl (C=O) groups excluding carboxylic acids is 1. The lowest BCUT2D eigenvalue weighted by Gasteiger charge is -2.09. The number of H-pyrrole nitrogens is 1. The van der Waals surface area contributed by atoms with Crippen LogP contribution in [0, 0.1) is 0 Å². The molecule has 0 aliphatic heterocycles. The van der Waals surface area contributed by atoms with E-state index in [1.165, 1.54) is 24.3 Å². The maximum atomic E-state index is 12.4. The van der Waals surface area contributed by atoms with Crippen molar-refractivity contribution in [2.24, 2.45) is 0 Å². The maximum Gasteiger partial charge on any atom is 0.358 e. The van der Waals surface area contributed by atoms with Gasteiger partial charge in [0.1, 0.15) is 5.82 Å². The molecule has 28 heavy (non-hydrogen) atoms. The molecule has 1 heterocycles. The van der Waals surface area contributed by atoms with Crippen molar-refractivity contribution in [2.75, 3.05) is 5.32 Å². The summed E-state index contributed by atoms with van der Waals surface area (Å²) in [7, 11) is 0. The molecule has 8 nitrogen and oxygen atoms in total. The molecule has 0 unspecified atom stereocenters. The number of hydrogen-bond acceptors (Lipinski definition) is 5. The van der Waals surface area contributed by atoms with Gasteiger partial charge in [0.15, 0.2) is 5.69 Å². The van der Waals surface area contributed by atoms with E-state index in [1.807, 2.05) is 0 Å². The first kappa shape index (κ1) is 19.4. The maximum absolute atomic E-state index is 12.4. The van der Waals surface area contributed by atoms with E-state index in [0.29, 0.717) is 16.3 Å². The minimum atomic E-state index is -1.55. The molecular weight excluding hydrogens is 409 g/mol. The van der Waals surface area contributed by atoms with E-state index >= 15 is 0 Å². The van der Waals surface area contributed by atoms with Gasteiger partial charge in [-0.05, 0) is 30.3 Å². The Labute approximate surface area is 167 Å². The second-order valence-corrected chi connectivity index (χ2v) is 6.40. The molecule has 0 saturated heterocycles. The third-order valence-corrected chi connectivity index (χ3v) is 4.41. The molecule has 0 aliphatic rings. The number of aromatic hydroxyl groups is 1. The van der Waals surface area contributed by atoms with Crippen LogP contribution in [0.15, 0.2) is 47.3 Å². The molecule has 0 spiro atoms. The molecule has 0 bridgehead atoms. The third kappa shape index (κ3) is 3.98. The summed E-state index contributed by atoms with van der Waals surface area (Å²) in [5.74, 6) is -3.06. The predicted molar refractivity (Wildman–Crippen MR) is 103 cm³/mol. The van der Waals surface area contributed by atoms with Gasteiger partial charge in [-0.1, -0.05) is 35.3 Å². The number of halogens is 2. The van der Waals surface area contributed by atoms with E-state index in [1.54, 1.807) is 18.2 Å². The molecule has 0 fully saturated rings. The average Bonchev–Trinajstić information content (AvgIpc) is 2.66. The van der Waals surface area contributed by atoms with Crippen molar-refractivity contribution in [2.45, 2.75) is 0 Å². The zero-order valence-electron chi connectivity index (χ0n) is 13.9. The lowest BCUT2D eigenvalue weighted by molar-refractivity contribution is 0.0686.